The van der Waals surface area contributed by atoms with Crippen LogP contribution in [0.25, 0.3) is 11.0 Å². The molecule has 30 heavy (non-hydrogen) atoms. The van der Waals surface area contributed by atoms with Crippen LogP contribution in [0.15, 0.2) is 30.5 Å². The number of aliphatic hydroxyl groups excluding tert-OH is 1. The van der Waals surface area contributed by atoms with Crippen molar-refractivity contribution in [2.24, 2.45) is 0 Å². The van der Waals surface area contributed by atoms with Gasteiger partial charge in [-0.05, 0) is 24.6 Å². The first kappa shape index (κ1) is 23.6. The molecular formula is C21H31N5O3S. The zero-order chi connectivity index (χ0) is 20.8. The molecule has 0 aliphatic carbocycles. The maximum absolute atomic E-state index is 9.77. The average Bonchev–Trinajstić information content (AvgIpc) is 3.13. The first-order valence-electron chi connectivity index (χ1n) is 9.80. The van der Waals surface area contributed by atoms with E-state index in [4.69, 9.17) is 15.2 Å². The Morgan fingerprint density at radius 1 is 1.17 bits per heavy atom. The molecule has 0 aliphatic rings. The van der Waals surface area contributed by atoms with Crippen molar-refractivity contribution in [2.45, 2.75) is 38.8 Å². The van der Waals surface area contributed by atoms with Gasteiger partial charge in [0.05, 0.1) is 44.5 Å². The van der Waals surface area contributed by atoms with E-state index in [9.17, 15) is 5.11 Å². The number of aliphatic hydroxyl groups is 1. The van der Waals surface area contributed by atoms with E-state index in [-0.39, 0.29) is 32.1 Å². The standard InChI is InChI=1S/C21H29N5O3.H2S/c1-4-5-7-14(13-27)23-20-19-16(24-21(22)25-20)10-11-26(19)12-15-17(28-2)8-6-9-18(15)29-3;/h6,8-11,14,27H,4-5,7,12-13H2,1-3H3,(H3,22,23,24,25);1H2/t14-;/m0./s1. The summed E-state index contributed by atoms with van der Waals surface area (Å²) in [5, 5.41) is 13.1. The van der Waals surface area contributed by atoms with Gasteiger partial charge in [-0.3, -0.25) is 0 Å². The molecule has 164 valence electrons. The van der Waals surface area contributed by atoms with E-state index >= 15 is 0 Å². The molecule has 3 rings (SSSR count). The van der Waals surface area contributed by atoms with Crippen LogP contribution in [-0.4, -0.2) is 46.5 Å². The summed E-state index contributed by atoms with van der Waals surface area (Å²) in [6.45, 7) is 2.66. The largest absolute Gasteiger partial charge is 0.496 e. The van der Waals surface area contributed by atoms with Gasteiger partial charge in [0.15, 0.2) is 5.82 Å². The fourth-order valence-electron chi connectivity index (χ4n) is 3.46. The molecule has 0 saturated carbocycles. The van der Waals surface area contributed by atoms with Crippen LogP contribution in [0.1, 0.15) is 31.7 Å². The first-order chi connectivity index (χ1) is 14.1. The number of hydrogen-bond acceptors (Lipinski definition) is 7. The maximum Gasteiger partial charge on any atom is 0.222 e. The van der Waals surface area contributed by atoms with Crippen molar-refractivity contribution in [3.63, 3.8) is 0 Å². The lowest BCUT2D eigenvalue weighted by atomic mass is 10.1. The van der Waals surface area contributed by atoms with Gasteiger partial charge >= 0.3 is 0 Å². The molecule has 0 radical (unpaired) electrons. The molecule has 0 aliphatic heterocycles. The Hall–Kier alpha value is -2.65. The Balaban J connectivity index is 0.00000320. The molecule has 0 amide bonds. The normalized spacial score (nSPS) is 11.7. The van der Waals surface area contributed by atoms with Crippen molar-refractivity contribution in [1.82, 2.24) is 14.5 Å². The SMILES string of the molecule is CCCC[C@@H](CO)Nc1nc(N)nc2ccn(Cc3c(OC)cccc3OC)c12.S. The molecular weight excluding hydrogens is 402 g/mol. The Kier molecular flexibility index (Phi) is 8.61. The Labute approximate surface area is 183 Å². The Bertz CT molecular complexity index is 941. The summed E-state index contributed by atoms with van der Waals surface area (Å²) in [6.07, 6.45) is 4.86. The number of ether oxygens (including phenoxy) is 2. The summed E-state index contributed by atoms with van der Waals surface area (Å²) >= 11 is 0. The number of unbranched alkanes of at least 4 members (excludes halogenated alkanes) is 1. The highest BCUT2D eigenvalue weighted by atomic mass is 32.1. The first-order valence-corrected chi connectivity index (χ1v) is 9.80. The van der Waals surface area contributed by atoms with E-state index < -0.39 is 0 Å². The third-order valence-corrected chi connectivity index (χ3v) is 4.95. The minimum absolute atomic E-state index is 0. The van der Waals surface area contributed by atoms with Crippen molar-refractivity contribution >= 4 is 36.3 Å². The summed E-state index contributed by atoms with van der Waals surface area (Å²) in [5.41, 5.74) is 8.40. The van der Waals surface area contributed by atoms with Gasteiger partial charge in [0, 0.05) is 6.20 Å². The van der Waals surface area contributed by atoms with Crippen LogP contribution in [0.5, 0.6) is 11.5 Å². The van der Waals surface area contributed by atoms with Gasteiger partial charge in [-0.15, -0.1) is 0 Å². The molecule has 8 nitrogen and oxygen atoms in total. The number of anilines is 2. The fraction of sp³-hybridized carbons (Fsp3) is 0.429. The zero-order valence-corrected chi connectivity index (χ0v) is 18.7. The highest BCUT2D eigenvalue weighted by Gasteiger charge is 2.17. The Morgan fingerprint density at radius 2 is 1.87 bits per heavy atom. The lowest BCUT2D eigenvalue weighted by molar-refractivity contribution is 0.267. The van der Waals surface area contributed by atoms with Gasteiger partial charge in [-0.25, -0.2) is 4.98 Å². The number of aromatic nitrogens is 3. The van der Waals surface area contributed by atoms with E-state index in [1.54, 1.807) is 14.2 Å². The van der Waals surface area contributed by atoms with Crippen LogP contribution < -0.4 is 20.5 Å². The van der Waals surface area contributed by atoms with E-state index in [0.717, 1.165) is 47.4 Å². The summed E-state index contributed by atoms with van der Waals surface area (Å²) in [6, 6.07) is 7.51. The second-order valence-corrected chi connectivity index (χ2v) is 6.92. The second-order valence-electron chi connectivity index (χ2n) is 6.92. The quantitative estimate of drug-likeness (QED) is 0.451. The van der Waals surface area contributed by atoms with Crippen LogP contribution >= 0.6 is 13.5 Å². The number of nitrogen functional groups attached to an aromatic ring is 1. The molecule has 2 heterocycles. The zero-order valence-electron chi connectivity index (χ0n) is 17.7. The van der Waals surface area contributed by atoms with Crippen molar-refractivity contribution in [3.05, 3.63) is 36.0 Å². The summed E-state index contributed by atoms with van der Waals surface area (Å²) in [4.78, 5) is 8.78. The third-order valence-electron chi connectivity index (χ3n) is 4.95. The van der Waals surface area contributed by atoms with Gasteiger partial charge in [0.1, 0.15) is 17.0 Å². The van der Waals surface area contributed by atoms with Gasteiger partial charge in [-0.2, -0.15) is 18.5 Å². The number of nitrogens with zero attached hydrogens (tertiary/aromatic N) is 3. The average molecular weight is 434 g/mol. The van der Waals surface area contributed by atoms with Crippen LogP contribution in [0.2, 0.25) is 0 Å². The van der Waals surface area contributed by atoms with Crippen LogP contribution in [0.3, 0.4) is 0 Å². The number of nitrogens with one attached hydrogen (secondary N) is 1. The number of hydrogen-bond donors (Lipinski definition) is 3. The van der Waals surface area contributed by atoms with Gasteiger partial charge in [0.25, 0.3) is 0 Å². The van der Waals surface area contributed by atoms with Gasteiger partial charge < -0.3 is 30.2 Å². The molecule has 1 atom stereocenters. The molecule has 1 aromatic carbocycles. The number of nitrogens with two attached hydrogens (primary N) is 1. The van der Waals surface area contributed by atoms with Gasteiger partial charge in [0.2, 0.25) is 5.95 Å². The molecule has 0 unspecified atom stereocenters. The number of rotatable bonds is 10. The number of methoxy groups -OCH3 is 2. The molecule has 9 heteroatoms. The highest BCUT2D eigenvalue weighted by molar-refractivity contribution is 7.59. The smallest absolute Gasteiger partial charge is 0.222 e. The van der Waals surface area contributed by atoms with Crippen LogP contribution in [0, 0.1) is 0 Å². The molecule has 0 fully saturated rings. The minimum Gasteiger partial charge on any atom is -0.496 e. The van der Waals surface area contributed by atoms with Crippen molar-refractivity contribution in [1.29, 1.82) is 0 Å². The monoisotopic (exact) mass is 433 g/mol. The summed E-state index contributed by atoms with van der Waals surface area (Å²) in [5.74, 6) is 2.29. The van der Waals surface area contributed by atoms with E-state index in [0.29, 0.717) is 12.4 Å². The molecule has 0 saturated heterocycles. The molecule has 4 N–H and O–H groups in total. The maximum atomic E-state index is 9.77. The van der Waals surface area contributed by atoms with Gasteiger partial charge in [-0.1, -0.05) is 25.8 Å². The predicted octanol–water partition coefficient (Wildman–Crippen LogP) is 3.15. The molecule has 2 aromatic heterocycles. The molecule has 0 spiro atoms. The lowest BCUT2D eigenvalue weighted by Gasteiger charge is -2.19. The number of fused-ring (bicyclic) bond motifs is 1. The van der Waals surface area contributed by atoms with E-state index in [1.165, 1.54) is 0 Å². The highest BCUT2D eigenvalue weighted by Crippen LogP contribution is 2.31. The van der Waals surface area contributed by atoms with Crippen molar-refractivity contribution in [2.75, 3.05) is 31.9 Å². The topological polar surface area (TPSA) is 107 Å². The van der Waals surface area contributed by atoms with Crippen LogP contribution in [-0.2, 0) is 6.54 Å². The van der Waals surface area contributed by atoms with E-state index in [2.05, 4.69) is 22.2 Å². The summed E-state index contributed by atoms with van der Waals surface area (Å²) in [7, 11) is 3.28. The molecule has 0 bridgehead atoms. The van der Waals surface area contributed by atoms with E-state index in [1.807, 2.05) is 35.0 Å². The fourth-order valence-corrected chi connectivity index (χ4v) is 3.46. The van der Waals surface area contributed by atoms with Crippen molar-refractivity contribution in [3.8, 4) is 11.5 Å². The lowest BCUT2D eigenvalue weighted by Crippen LogP contribution is -2.25. The second kappa shape index (κ2) is 10.9. The van der Waals surface area contributed by atoms with Crippen LogP contribution in [0.4, 0.5) is 11.8 Å². The minimum atomic E-state index is -0.100. The summed E-state index contributed by atoms with van der Waals surface area (Å²) < 4.78 is 13.1. The molecule has 3 aromatic rings. The van der Waals surface area contributed by atoms with Crippen molar-refractivity contribution < 1.29 is 14.6 Å². The Morgan fingerprint density at radius 3 is 2.47 bits per heavy atom. The predicted molar refractivity (Wildman–Crippen MR) is 125 cm³/mol. The number of benzene rings is 1. The third kappa shape index (κ3) is 5.09.